The summed E-state index contributed by atoms with van der Waals surface area (Å²) >= 11 is 0. The number of nitrogens with zero attached hydrogens (tertiary/aromatic N) is 2. The quantitative estimate of drug-likeness (QED) is 0.589. The topological polar surface area (TPSA) is 102 Å². The second kappa shape index (κ2) is 5.62. The normalized spacial score (nSPS) is 10.7. The Bertz CT molecular complexity index is 1040. The van der Waals surface area contributed by atoms with Crippen molar-refractivity contribution in [2.45, 2.75) is 6.92 Å². The largest absolute Gasteiger partial charge is 0.477 e. The van der Waals surface area contributed by atoms with Crippen molar-refractivity contribution in [3.8, 4) is 5.69 Å². The average molecular weight is 324 g/mol. The summed E-state index contributed by atoms with van der Waals surface area (Å²) in [5.74, 6) is -1.37. The van der Waals surface area contributed by atoms with Crippen LogP contribution in [0.4, 0.5) is 5.69 Å². The number of carbonyl (C=O) groups is 1. The molecule has 7 nitrogen and oxygen atoms in total. The number of nitro benzene ring substituents is 1. The Labute approximate surface area is 135 Å². The van der Waals surface area contributed by atoms with Crippen LogP contribution in [0.1, 0.15) is 16.1 Å². The van der Waals surface area contributed by atoms with E-state index in [1.54, 1.807) is 35.8 Å². The number of carboxylic acid groups (broad SMARTS) is 1. The molecule has 0 unspecified atom stereocenters. The van der Waals surface area contributed by atoms with Crippen molar-refractivity contribution < 1.29 is 14.8 Å². The van der Waals surface area contributed by atoms with Crippen molar-refractivity contribution in [3.63, 3.8) is 0 Å². The summed E-state index contributed by atoms with van der Waals surface area (Å²) in [4.78, 5) is 34.4. The van der Waals surface area contributed by atoms with Crippen molar-refractivity contribution in [2.24, 2.45) is 0 Å². The molecule has 0 saturated carbocycles. The highest BCUT2D eigenvalue weighted by molar-refractivity contribution is 5.95. The third kappa shape index (κ3) is 2.32. The van der Waals surface area contributed by atoms with Gasteiger partial charge in [-0.05, 0) is 25.1 Å². The van der Waals surface area contributed by atoms with Gasteiger partial charge < -0.3 is 9.67 Å². The number of nitro groups is 1. The summed E-state index contributed by atoms with van der Waals surface area (Å²) in [6.45, 7) is 1.54. The number of hydrogen-bond donors (Lipinski definition) is 1. The Hall–Kier alpha value is -3.48. The number of carboxylic acids is 1. The van der Waals surface area contributed by atoms with Crippen LogP contribution in [-0.2, 0) is 0 Å². The van der Waals surface area contributed by atoms with E-state index in [0.717, 1.165) is 6.07 Å². The molecule has 3 rings (SSSR count). The maximum atomic E-state index is 12.5. The van der Waals surface area contributed by atoms with E-state index in [1.807, 2.05) is 6.07 Å². The van der Waals surface area contributed by atoms with Gasteiger partial charge in [-0.2, -0.15) is 0 Å². The van der Waals surface area contributed by atoms with E-state index in [0.29, 0.717) is 11.2 Å². The number of aromatic nitrogens is 1. The molecule has 0 saturated heterocycles. The van der Waals surface area contributed by atoms with Gasteiger partial charge in [0.15, 0.2) is 0 Å². The van der Waals surface area contributed by atoms with Gasteiger partial charge in [-0.1, -0.05) is 18.2 Å². The van der Waals surface area contributed by atoms with Gasteiger partial charge >= 0.3 is 5.97 Å². The summed E-state index contributed by atoms with van der Waals surface area (Å²) in [7, 11) is 0. The Kier molecular flexibility index (Phi) is 3.61. The Balaban J connectivity index is 2.53. The molecule has 7 heteroatoms. The van der Waals surface area contributed by atoms with Gasteiger partial charge in [-0.25, -0.2) is 4.79 Å². The summed E-state index contributed by atoms with van der Waals surface area (Å²) in [6, 6.07) is 12.8. The van der Waals surface area contributed by atoms with Crippen molar-refractivity contribution in [1.82, 2.24) is 4.57 Å². The fourth-order valence-corrected chi connectivity index (χ4v) is 2.77. The molecule has 24 heavy (non-hydrogen) atoms. The van der Waals surface area contributed by atoms with Gasteiger partial charge in [0.1, 0.15) is 5.56 Å². The molecule has 0 spiro atoms. The van der Waals surface area contributed by atoms with E-state index < -0.39 is 21.9 Å². The monoisotopic (exact) mass is 324 g/mol. The molecule has 0 aliphatic heterocycles. The first-order valence-electron chi connectivity index (χ1n) is 7.04. The molecule has 0 fully saturated rings. The first-order valence-corrected chi connectivity index (χ1v) is 7.04. The van der Waals surface area contributed by atoms with Crippen LogP contribution in [0, 0.1) is 17.0 Å². The van der Waals surface area contributed by atoms with Crippen molar-refractivity contribution in [1.29, 1.82) is 0 Å². The van der Waals surface area contributed by atoms with Crippen molar-refractivity contribution >= 4 is 22.6 Å². The molecular weight excluding hydrogens is 312 g/mol. The lowest BCUT2D eigenvalue weighted by molar-refractivity contribution is -0.384. The zero-order valence-electron chi connectivity index (χ0n) is 12.6. The molecule has 0 aliphatic rings. The molecule has 0 bridgehead atoms. The van der Waals surface area contributed by atoms with E-state index >= 15 is 0 Å². The van der Waals surface area contributed by atoms with Gasteiger partial charge in [-0.15, -0.1) is 0 Å². The molecule has 0 amide bonds. The second-order valence-electron chi connectivity index (χ2n) is 5.22. The summed E-state index contributed by atoms with van der Waals surface area (Å²) < 4.78 is 1.61. The van der Waals surface area contributed by atoms with Crippen LogP contribution < -0.4 is 5.43 Å². The highest BCUT2D eigenvalue weighted by atomic mass is 16.6. The second-order valence-corrected chi connectivity index (χ2v) is 5.22. The maximum absolute atomic E-state index is 12.5. The number of hydrogen-bond acceptors (Lipinski definition) is 4. The predicted octanol–water partition coefficient (Wildman–Crippen LogP) is 2.91. The van der Waals surface area contributed by atoms with Crippen LogP contribution in [-0.4, -0.2) is 20.6 Å². The first kappa shape index (κ1) is 15.4. The van der Waals surface area contributed by atoms with Gasteiger partial charge in [0, 0.05) is 23.5 Å². The van der Waals surface area contributed by atoms with Gasteiger partial charge in [0.2, 0.25) is 5.43 Å². The number of aromatic carboxylic acids is 1. The maximum Gasteiger partial charge on any atom is 0.341 e. The van der Waals surface area contributed by atoms with Crippen LogP contribution in [0.3, 0.4) is 0 Å². The van der Waals surface area contributed by atoms with Gasteiger partial charge in [0.05, 0.1) is 15.8 Å². The molecule has 0 aliphatic carbocycles. The SMILES string of the molecule is Cc1c(C(=O)O)c(=O)c2cc([N+](=O)[O-])ccc2n1-c1ccccc1. The Morgan fingerprint density at radius 3 is 2.42 bits per heavy atom. The van der Waals surface area contributed by atoms with Gasteiger partial charge in [0.25, 0.3) is 5.69 Å². The number of benzene rings is 2. The highest BCUT2D eigenvalue weighted by Crippen LogP contribution is 2.24. The van der Waals surface area contributed by atoms with Crippen LogP contribution >= 0.6 is 0 Å². The minimum atomic E-state index is -1.37. The molecular formula is C17H12N2O5. The van der Waals surface area contributed by atoms with Crippen LogP contribution in [0.5, 0.6) is 0 Å². The van der Waals surface area contributed by atoms with E-state index in [4.69, 9.17) is 0 Å². The number of rotatable bonds is 3. The molecule has 1 heterocycles. The fourth-order valence-electron chi connectivity index (χ4n) is 2.77. The molecule has 0 radical (unpaired) electrons. The molecule has 120 valence electrons. The molecule has 3 aromatic rings. The smallest absolute Gasteiger partial charge is 0.341 e. The average Bonchev–Trinajstić information content (AvgIpc) is 2.55. The lowest BCUT2D eigenvalue weighted by atomic mass is 10.1. The van der Waals surface area contributed by atoms with E-state index in [1.165, 1.54) is 12.1 Å². The van der Waals surface area contributed by atoms with Gasteiger partial charge in [-0.3, -0.25) is 14.9 Å². The third-order valence-electron chi connectivity index (χ3n) is 3.83. The minimum Gasteiger partial charge on any atom is -0.477 e. The minimum absolute atomic E-state index is 0.00365. The third-order valence-corrected chi connectivity index (χ3v) is 3.83. The number of fused-ring (bicyclic) bond motifs is 1. The summed E-state index contributed by atoms with van der Waals surface area (Å²) in [5.41, 5.74) is -0.0483. The van der Waals surface area contributed by atoms with Crippen molar-refractivity contribution in [2.75, 3.05) is 0 Å². The Morgan fingerprint density at radius 1 is 1.17 bits per heavy atom. The molecule has 2 aromatic carbocycles. The van der Waals surface area contributed by atoms with Crippen LogP contribution in [0.15, 0.2) is 53.3 Å². The summed E-state index contributed by atoms with van der Waals surface area (Å²) in [5, 5.41) is 20.4. The van der Waals surface area contributed by atoms with Crippen molar-refractivity contribution in [3.05, 3.63) is 80.1 Å². The standard InChI is InChI=1S/C17H12N2O5/c1-10-15(17(21)22)16(20)13-9-12(19(23)24)7-8-14(13)18(10)11-5-3-2-4-6-11/h2-9H,1H3,(H,21,22). The molecule has 0 atom stereocenters. The fraction of sp³-hybridized carbons (Fsp3) is 0.0588. The zero-order valence-corrected chi connectivity index (χ0v) is 12.6. The predicted molar refractivity (Wildman–Crippen MR) is 87.9 cm³/mol. The van der Waals surface area contributed by atoms with E-state index in [2.05, 4.69) is 0 Å². The number of non-ortho nitro benzene ring substituents is 1. The van der Waals surface area contributed by atoms with E-state index in [-0.39, 0.29) is 16.8 Å². The van der Waals surface area contributed by atoms with Crippen LogP contribution in [0.2, 0.25) is 0 Å². The highest BCUT2D eigenvalue weighted by Gasteiger charge is 2.21. The molecule has 1 aromatic heterocycles. The summed E-state index contributed by atoms with van der Waals surface area (Å²) in [6.07, 6.45) is 0. The van der Waals surface area contributed by atoms with Crippen LogP contribution in [0.25, 0.3) is 16.6 Å². The zero-order chi connectivity index (χ0) is 17.4. The number of pyridine rings is 1. The Morgan fingerprint density at radius 2 is 1.83 bits per heavy atom. The lowest BCUT2D eigenvalue weighted by Gasteiger charge is -2.16. The van der Waals surface area contributed by atoms with E-state index in [9.17, 15) is 24.8 Å². The lowest BCUT2D eigenvalue weighted by Crippen LogP contribution is -2.22. The first-order chi connectivity index (χ1) is 11.4. The number of para-hydroxylation sites is 1. The molecule has 1 N–H and O–H groups in total.